The molecule has 6 rings (SSSR count). The Morgan fingerprint density at radius 1 is 0.750 bits per heavy atom. The van der Waals surface area contributed by atoms with E-state index in [4.69, 9.17) is 10.5 Å². The second kappa shape index (κ2) is 6.86. The highest BCUT2D eigenvalue weighted by Gasteiger charge is 2.53. The molecular weight excluding hydrogens is 396 g/mol. The summed E-state index contributed by atoms with van der Waals surface area (Å²) in [5.41, 5.74) is 11.2. The number of carbonyl (C=O) groups excluding carboxylic acids is 1. The van der Waals surface area contributed by atoms with Gasteiger partial charge < -0.3 is 15.5 Å². The molecule has 5 aromatic rings. The Morgan fingerprint density at radius 3 is 2.28 bits per heavy atom. The molecule has 0 spiro atoms. The molecule has 2 heterocycles. The number of aromatic nitrogens is 1. The lowest BCUT2D eigenvalue weighted by atomic mass is 9.70. The lowest BCUT2D eigenvalue weighted by Gasteiger charge is -2.27. The maximum Gasteiger partial charge on any atom is 0.331 e. The molecule has 0 saturated heterocycles. The van der Waals surface area contributed by atoms with E-state index in [0.29, 0.717) is 11.4 Å². The van der Waals surface area contributed by atoms with Crippen LogP contribution in [0, 0.1) is 0 Å². The zero-order valence-corrected chi connectivity index (χ0v) is 17.2. The third-order valence-corrected chi connectivity index (χ3v) is 6.32. The molecule has 1 atom stereocenters. The number of hydrogen-bond acceptors (Lipinski definition) is 3. The number of nitrogens with one attached hydrogen (secondary N) is 1. The standard InChI is InChI=1S/C28H20N2O2/c29-21-12-13-25-22(16-21)24(17-30-25)28(20-9-5-2-6-10-20)23-15-19(18-7-3-1-4-8-18)11-14-26(23)32-27(28)31/h1-17,30H,29H2/t28-/m1/s1. The van der Waals surface area contributed by atoms with E-state index >= 15 is 0 Å². The minimum atomic E-state index is -1.10. The number of carbonyl (C=O) groups is 1. The minimum Gasteiger partial charge on any atom is -0.425 e. The van der Waals surface area contributed by atoms with Crippen LogP contribution in [0.3, 0.4) is 0 Å². The SMILES string of the molecule is Nc1ccc2[nH]cc([C@]3(c4ccccc4)C(=O)Oc4ccc(-c5ccccc5)cc43)c2c1. The number of H-pyrrole nitrogens is 1. The molecule has 0 bridgehead atoms. The highest BCUT2D eigenvalue weighted by atomic mass is 16.5. The summed E-state index contributed by atoms with van der Waals surface area (Å²) in [7, 11) is 0. The van der Waals surface area contributed by atoms with E-state index in [-0.39, 0.29) is 5.97 Å². The quantitative estimate of drug-likeness (QED) is 0.226. The predicted octanol–water partition coefficient (Wildman–Crippen LogP) is 5.67. The first kappa shape index (κ1) is 18.5. The van der Waals surface area contributed by atoms with Gasteiger partial charge in [-0.05, 0) is 47.0 Å². The summed E-state index contributed by atoms with van der Waals surface area (Å²) in [6.45, 7) is 0. The number of nitrogen functional groups attached to an aromatic ring is 1. The summed E-state index contributed by atoms with van der Waals surface area (Å²) in [6, 6.07) is 31.6. The van der Waals surface area contributed by atoms with Crippen molar-refractivity contribution in [3.8, 4) is 16.9 Å². The molecule has 0 radical (unpaired) electrons. The summed E-state index contributed by atoms with van der Waals surface area (Å²) < 4.78 is 5.89. The molecule has 0 saturated carbocycles. The molecule has 4 nitrogen and oxygen atoms in total. The van der Waals surface area contributed by atoms with Crippen LogP contribution >= 0.6 is 0 Å². The van der Waals surface area contributed by atoms with Crippen molar-refractivity contribution >= 4 is 22.6 Å². The summed E-state index contributed by atoms with van der Waals surface area (Å²) in [6.07, 6.45) is 1.91. The molecule has 0 aliphatic carbocycles. The number of rotatable bonds is 3. The van der Waals surface area contributed by atoms with Crippen LogP contribution in [0.15, 0.2) is 103 Å². The Balaban J connectivity index is 1.70. The van der Waals surface area contributed by atoms with Crippen molar-refractivity contribution in [2.45, 2.75) is 5.41 Å². The van der Waals surface area contributed by atoms with Gasteiger partial charge >= 0.3 is 5.97 Å². The lowest BCUT2D eigenvalue weighted by molar-refractivity contribution is -0.135. The van der Waals surface area contributed by atoms with Crippen LogP contribution in [0.2, 0.25) is 0 Å². The van der Waals surface area contributed by atoms with Crippen LogP contribution in [-0.4, -0.2) is 11.0 Å². The second-order valence-corrected chi connectivity index (χ2v) is 8.09. The Bertz CT molecular complexity index is 1470. The highest BCUT2D eigenvalue weighted by molar-refractivity contribution is 6.03. The van der Waals surface area contributed by atoms with Gasteiger partial charge in [-0.3, -0.25) is 0 Å². The predicted molar refractivity (Wildman–Crippen MR) is 127 cm³/mol. The van der Waals surface area contributed by atoms with E-state index in [1.54, 1.807) is 0 Å². The fraction of sp³-hybridized carbons (Fsp3) is 0.0357. The first-order valence-electron chi connectivity index (χ1n) is 10.5. The van der Waals surface area contributed by atoms with Crippen molar-refractivity contribution < 1.29 is 9.53 Å². The second-order valence-electron chi connectivity index (χ2n) is 8.09. The third kappa shape index (κ3) is 2.53. The Kier molecular flexibility index (Phi) is 3.95. The van der Waals surface area contributed by atoms with E-state index in [0.717, 1.165) is 38.7 Å². The molecule has 0 amide bonds. The van der Waals surface area contributed by atoms with Crippen molar-refractivity contribution in [3.05, 3.63) is 120 Å². The van der Waals surface area contributed by atoms with Crippen molar-refractivity contribution in [3.63, 3.8) is 0 Å². The van der Waals surface area contributed by atoms with Gasteiger partial charge in [-0.25, -0.2) is 4.79 Å². The molecule has 1 aliphatic heterocycles. The van der Waals surface area contributed by atoms with Crippen LogP contribution in [-0.2, 0) is 10.2 Å². The van der Waals surface area contributed by atoms with Crippen molar-refractivity contribution in [1.29, 1.82) is 0 Å². The zero-order valence-electron chi connectivity index (χ0n) is 17.2. The maximum absolute atomic E-state index is 13.8. The van der Waals surface area contributed by atoms with Gasteiger partial charge in [-0.2, -0.15) is 0 Å². The van der Waals surface area contributed by atoms with Crippen molar-refractivity contribution in [2.24, 2.45) is 0 Å². The number of fused-ring (bicyclic) bond motifs is 2. The molecule has 1 aliphatic rings. The molecule has 0 fully saturated rings. The molecule has 4 aromatic carbocycles. The molecule has 3 N–H and O–H groups in total. The number of aromatic amines is 1. The van der Waals surface area contributed by atoms with Crippen LogP contribution < -0.4 is 10.5 Å². The van der Waals surface area contributed by atoms with Gasteiger partial charge in [0.05, 0.1) is 0 Å². The van der Waals surface area contributed by atoms with Gasteiger partial charge in [0, 0.05) is 33.9 Å². The van der Waals surface area contributed by atoms with E-state index in [2.05, 4.69) is 23.2 Å². The first-order chi connectivity index (χ1) is 15.7. The molecule has 4 heteroatoms. The van der Waals surface area contributed by atoms with Crippen LogP contribution in [0.4, 0.5) is 5.69 Å². The van der Waals surface area contributed by atoms with Gasteiger partial charge in [-0.1, -0.05) is 66.7 Å². The molecule has 1 aromatic heterocycles. The van der Waals surface area contributed by atoms with Gasteiger partial charge in [-0.15, -0.1) is 0 Å². The lowest BCUT2D eigenvalue weighted by Crippen LogP contribution is -2.36. The topological polar surface area (TPSA) is 68.1 Å². The number of nitrogens with two attached hydrogens (primary N) is 1. The van der Waals surface area contributed by atoms with Crippen LogP contribution in [0.5, 0.6) is 5.75 Å². The van der Waals surface area contributed by atoms with E-state index in [1.807, 2.05) is 85.1 Å². The number of esters is 1. The van der Waals surface area contributed by atoms with E-state index in [9.17, 15) is 4.79 Å². The normalized spacial score (nSPS) is 17.3. The van der Waals surface area contributed by atoms with Crippen molar-refractivity contribution in [2.75, 3.05) is 5.73 Å². The van der Waals surface area contributed by atoms with Gasteiger partial charge in [0.1, 0.15) is 11.2 Å². The summed E-state index contributed by atoms with van der Waals surface area (Å²) in [5.74, 6) is 0.268. The number of anilines is 1. The Labute approximate surface area is 185 Å². The van der Waals surface area contributed by atoms with Gasteiger partial charge in [0.25, 0.3) is 0 Å². The van der Waals surface area contributed by atoms with Crippen LogP contribution in [0.25, 0.3) is 22.0 Å². The summed E-state index contributed by atoms with van der Waals surface area (Å²) in [4.78, 5) is 17.1. The maximum atomic E-state index is 13.8. The molecule has 154 valence electrons. The molecule has 0 unspecified atom stereocenters. The average Bonchev–Trinajstić information content (AvgIpc) is 3.37. The monoisotopic (exact) mass is 416 g/mol. The van der Waals surface area contributed by atoms with Gasteiger partial charge in [0.2, 0.25) is 0 Å². The van der Waals surface area contributed by atoms with Crippen LogP contribution in [0.1, 0.15) is 16.7 Å². The number of ether oxygens (including phenoxy) is 1. The third-order valence-electron chi connectivity index (χ3n) is 6.32. The average molecular weight is 416 g/mol. The first-order valence-corrected chi connectivity index (χ1v) is 10.5. The number of hydrogen-bond donors (Lipinski definition) is 2. The largest absolute Gasteiger partial charge is 0.425 e. The molecular formula is C28H20N2O2. The zero-order chi connectivity index (χ0) is 21.7. The van der Waals surface area contributed by atoms with E-state index < -0.39 is 5.41 Å². The fourth-order valence-electron chi connectivity index (χ4n) is 4.83. The molecule has 32 heavy (non-hydrogen) atoms. The van der Waals surface area contributed by atoms with Crippen molar-refractivity contribution in [1.82, 2.24) is 4.98 Å². The fourth-order valence-corrected chi connectivity index (χ4v) is 4.83. The smallest absolute Gasteiger partial charge is 0.331 e. The Hall–Kier alpha value is -4.31. The summed E-state index contributed by atoms with van der Waals surface area (Å²) >= 11 is 0. The Morgan fingerprint density at radius 2 is 1.50 bits per heavy atom. The number of benzene rings is 4. The van der Waals surface area contributed by atoms with Gasteiger partial charge in [0.15, 0.2) is 0 Å². The van der Waals surface area contributed by atoms with E-state index in [1.165, 1.54) is 0 Å². The summed E-state index contributed by atoms with van der Waals surface area (Å²) in [5, 5.41) is 0.906. The highest BCUT2D eigenvalue weighted by Crippen LogP contribution is 2.51. The minimum absolute atomic E-state index is 0.313.